The monoisotopic (exact) mass is 267 g/mol. The topological polar surface area (TPSA) is 52.3 Å². The fourth-order valence-corrected chi connectivity index (χ4v) is 2.12. The van der Waals surface area contributed by atoms with E-state index in [0.717, 1.165) is 5.56 Å². The molecule has 0 saturated heterocycles. The highest BCUT2D eigenvalue weighted by molar-refractivity contribution is 5.79. The van der Waals surface area contributed by atoms with E-state index < -0.39 is 0 Å². The summed E-state index contributed by atoms with van der Waals surface area (Å²) in [7, 11) is 1.57. The van der Waals surface area contributed by atoms with Gasteiger partial charge >= 0.3 is 5.63 Å². The summed E-state index contributed by atoms with van der Waals surface area (Å²) >= 11 is 0. The van der Waals surface area contributed by atoms with Gasteiger partial charge in [0.15, 0.2) is 0 Å². The van der Waals surface area contributed by atoms with Crippen LogP contribution in [0, 0.1) is 6.92 Å². The zero-order chi connectivity index (χ0) is 14.1. The van der Waals surface area contributed by atoms with E-state index in [4.69, 9.17) is 9.15 Å². The minimum atomic E-state index is -0.389. The lowest BCUT2D eigenvalue weighted by molar-refractivity contribution is 0.413. The third-order valence-electron chi connectivity index (χ3n) is 3.12. The van der Waals surface area contributed by atoms with Crippen molar-refractivity contribution >= 4 is 10.9 Å². The Morgan fingerprint density at radius 2 is 1.95 bits per heavy atom. The smallest absolute Gasteiger partial charge is 0.347 e. The second-order valence-corrected chi connectivity index (χ2v) is 4.53. The van der Waals surface area contributed by atoms with E-state index in [1.54, 1.807) is 19.2 Å². The van der Waals surface area contributed by atoms with E-state index in [2.05, 4.69) is 4.98 Å². The van der Waals surface area contributed by atoms with Crippen LogP contribution in [0.15, 0.2) is 51.7 Å². The van der Waals surface area contributed by atoms with Gasteiger partial charge in [-0.05, 0) is 31.2 Å². The minimum Gasteiger partial charge on any atom is -0.496 e. The van der Waals surface area contributed by atoms with Gasteiger partial charge < -0.3 is 9.15 Å². The zero-order valence-electron chi connectivity index (χ0n) is 11.2. The number of rotatable bonds is 2. The molecule has 100 valence electrons. The number of hydrogen-bond donors (Lipinski definition) is 0. The van der Waals surface area contributed by atoms with Gasteiger partial charge in [-0.3, -0.25) is 0 Å². The van der Waals surface area contributed by atoms with Gasteiger partial charge in [0.2, 0.25) is 5.89 Å². The van der Waals surface area contributed by atoms with Gasteiger partial charge in [0.25, 0.3) is 0 Å². The van der Waals surface area contributed by atoms with E-state index >= 15 is 0 Å². The highest BCUT2D eigenvalue weighted by atomic mass is 16.5. The number of nitrogens with zero attached hydrogens (tertiary/aromatic N) is 1. The van der Waals surface area contributed by atoms with Crippen molar-refractivity contribution in [2.45, 2.75) is 6.92 Å². The molecule has 1 aromatic heterocycles. The fourth-order valence-electron chi connectivity index (χ4n) is 2.12. The molecule has 0 bridgehead atoms. The predicted molar refractivity (Wildman–Crippen MR) is 77.0 cm³/mol. The molecule has 0 N–H and O–H groups in total. The number of fused-ring (bicyclic) bond motifs is 1. The molecule has 0 saturated carbocycles. The Bertz CT molecular complexity index is 836. The maximum Gasteiger partial charge on any atom is 0.347 e. The van der Waals surface area contributed by atoms with Crippen molar-refractivity contribution < 1.29 is 9.15 Å². The van der Waals surface area contributed by atoms with Crippen LogP contribution in [0.1, 0.15) is 5.56 Å². The van der Waals surface area contributed by atoms with Gasteiger partial charge in [-0.25, -0.2) is 9.78 Å². The first-order chi connectivity index (χ1) is 9.69. The van der Waals surface area contributed by atoms with Crippen LogP contribution in [0.2, 0.25) is 0 Å². The van der Waals surface area contributed by atoms with E-state index in [1.165, 1.54) is 0 Å². The average molecular weight is 267 g/mol. The van der Waals surface area contributed by atoms with Crippen LogP contribution in [-0.2, 0) is 0 Å². The van der Waals surface area contributed by atoms with Crippen LogP contribution in [0.4, 0.5) is 0 Å². The predicted octanol–water partition coefficient (Wildman–Crippen LogP) is 3.17. The molecule has 0 aliphatic carbocycles. The van der Waals surface area contributed by atoms with Gasteiger partial charge in [-0.15, -0.1) is 0 Å². The molecule has 1 heterocycles. The highest BCUT2D eigenvalue weighted by Gasteiger charge is 2.12. The standard InChI is InChI=1S/C16H13NO3/c1-10-7-8-13-12(9-10)16(18)20-15(17-13)11-5-3-4-6-14(11)19-2/h3-9H,1-2H3. The van der Waals surface area contributed by atoms with Crippen LogP contribution < -0.4 is 10.4 Å². The SMILES string of the molecule is COc1ccccc1-c1nc2ccc(C)cc2c(=O)o1. The molecule has 4 nitrogen and oxygen atoms in total. The van der Waals surface area contributed by atoms with Gasteiger partial charge in [-0.2, -0.15) is 0 Å². The number of methoxy groups -OCH3 is 1. The maximum atomic E-state index is 12.1. The third kappa shape index (κ3) is 2.05. The first-order valence-electron chi connectivity index (χ1n) is 6.24. The van der Waals surface area contributed by atoms with Crippen LogP contribution in [0.5, 0.6) is 5.75 Å². The number of aryl methyl sites for hydroxylation is 1. The molecule has 3 aromatic rings. The van der Waals surface area contributed by atoms with Crippen LogP contribution in [0.3, 0.4) is 0 Å². The lowest BCUT2D eigenvalue weighted by Crippen LogP contribution is -2.03. The summed E-state index contributed by atoms with van der Waals surface area (Å²) in [5, 5.41) is 0.489. The van der Waals surface area contributed by atoms with Crippen molar-refractivity contribution in [2.24, 2.45) is 0 Å². The molecule has 0 spiro atoms. The van der Waals surface area contributed by atoms with Crippen molar-refractivity contribution in [2.75, 3.05) is 7.11 Å². The molecule has 3 rings (SSSR count). The minimum absolute atomic E-state index is 0.267. The summed E-state index contributed by atoms with van der Waals surface area (Å²) in [5.74, 6) is 0.887. The number of aromatic nitrogens is 1. The number of hydrogen-bond acceptors (Lipinski definition) is 4. The third-order valence-corrected chi connectivity index (χ3v) is 3.12. The van der Waals surface area contributed by atoms with Gasteiger partial charge in [0.05, 0.1) is 23.6 Å². The van der Waals surface area contributed by atoms with Crippen molar-refractivity contribution in [3.05, 3.63) is 58.4 Å². The van der Waals surface area contributed by atoms with Crippen LogP contribution in [0.25, 0.3) is 22.4 Å². The molecular weight excluding hydrogens is 254 g/mol. The largest absolute Gasteiger partial charge is 0.496 e. The second kappa shape index (κ2) is 4.81. The fraction of sp³-hybridized carbons (Fsp3) is 0.125. The Balaban J connectivity index is 2.28. The van der Waals surface area contributed by atoms with Crippen molar-refractivity contribution in [1.82, 2.24) is 4.98 Å². The summed E-state index contributed by atoms with van der Waals surface area (Å²) in [5.41, 5.74) is 1.89. The van der Waals surface area contributed by atoms with E-state index in [-0.39, 0.29) is 11.5 Å². The Kier molecular flexibility index (Phi) is 2.99. The first-order valence-corrected chi connectivity index (χ1v) is 6.24. The van der Waals surface area contributed by atoms with E-state index in [0.29, 0.717) is 22.2 Å². The molecule has 20 heavy (non-hydrogen) atoms. The molecule has 0 radical (unpaired) electrons. The Morgan fingerprint density at radius 3 is 2.75 bits per heavy atom. The van der Waals surface area contributed by atoms with Gasteiger partial charge in [-0.1, -0.05) is 23.8 Å². The molecule has 0 amide bonds. The second-order valence-electron chi connectivity index (χ2n) is 4.53. The lowest BCUT2D eigenvalue weighted by atomic mass is 10.1. The first kappa shape index (κ1) is 12.4. The molecule has 4 heteroatoms. The van der Waals surface area contributed by atoms with E-state index in [1.807, 2.05) is 37.3 Å². The molecular formula is C16H13NO3. The Morgan fingerprint density at radius 1 is 1.15 bits per heavy atom. The highest BCUT2D eigenvalue weighted by Crippen LogP contribution is 2.28. The molecule has 0 fully saturated rings. The molecule has 0 aliphatic rings. The van der Waals surface area contributed by atoms with Crippen molar-refractivity contribution in [3.63, 3.8) is 0 Å². The van der Waals surface area contributed by atoms with Gasteiger partial charge in [0, 0.05) is 0 Å². The molecule has 0 atom stereocenters. The number of para-hydroxylation sites is 1. The lowest BCUT2D eigenvalue weighted by Gasteiger charge is -2.07. The number of benzene rings is 2. The molecule has 0 unspecified atom stereocenters. The van der Waals surface area contributed by atoms with Crippen molar-refractivity contribution in [1.29, 1.82) is 0 Å². The summed E-state index contributed by atoms with van der Waals surface area (Å²) < 4.78 is 10.6. The summed E-state index contributed by atoms with van der Waals surface area (Å²) in [6.45, 7) is 1.92. The Labute approximate surface area is 115 Å². The normalized spacial score (nSPS) is 10.7. The zero-order valence-corrected chi connectivity index (χ0v) is 11.2. The van der Waals surface area contributed by atoms with E-state index in [9.17, 15) is 4.79 Å². The van der Waals surface area contributed by atoms with Crippen LogP contribution >= 0.6 is 0 Å². The number of ether oxygens (including phenoxy) is 1. The molecule has 2 aromatic carbocycles. The van der Waals surface area contributed by atoms with Gasteiger partial charge in [0.1, 0.15) is 5.75 Å². The summed E-state index contributed by atoms with van der Waals surface area (Å²) in [6.07, 6.45) is 0. The summed E-state index contributed by atoms with van der Waals surface area (Å²) in [6, 6.07) is 12.8. The van der Waals surface area contributed by atoms with Crippen molar-refractivity contribution in [3.8, 4) is 17.2 Å². The quantitative estimate of drug-likeness (QED) is 0.715. The maximum absolute atomic E-state index is 12.1. The Hall–Kier alpha value is -2.62. The molecule has 0 aliphatic heterocycles. The summed E-state index contributed by atoms with van der Waals surface area (Å²) in [4.78, 5) is 16.5. The van der Waals surface area contributed by atoms with Crippen LogP contribution in [-0.4, -0.2) is 12.1 Å². The average Bonchev–Trinajstić information content (AvgIpc) is 2.47.